The molecule has 0 radical (unpaired) electrons. The first-order valence-electron chi connectivity index (χ1n) is 4.50. The first kappa shape index (κ1) is 8.62. The van der Waals surface area contributed by atoms with E-state index in [1.165, 1.54) is 5.56 Å². The Kier molecular flexibility index (Phi) is 2.54. The number of nitrogens with two attached hydrogens (primary N) is 1. The van der Waals surface area contributed by atoms with Crippen LogP contribution in [0.4, 0.5) is 0 Å². The van der Waals surface area contributed by atoms with Crippen molar-refractivity contribution in [1.82, 2.24) is 15.8 Å². The Hall–Kier alpha value is -0.970. The zero-order valence-corrected chi connectivity index (χ0v) is 7.40. The van der Waals surface area contributed by atoms with Crippen LogP contribution in [-0.4, -0.2) is 18.1 Å². The van der Waals surface area contributed by atoms with Crippen molar-refractivity contribution in [2.45, 2.75) is 6.04 Å². The van der Waals surface area contributed by atoms with Gasteiger partial charge in [-0.05, 0) is 24.2 Å². The molecular weight excluding hydrogens is 164 g/mol. The summed E-state index contributed by atoms with van der Waals surface area (Å²) >= 11 is 0. The minimum absolute atomic E-state index is 0.327. The van der Waals surface area contributed by atoms with Crippen molar-refractivity contribution in [3.05, 3.63) is 30.1 Å². The fourth-order valence-electron chi connectivity index (χ4n) is 1.68. The Balaban J connectivity index is 2.16. The maximum absolute atomic E-state index is 5.67. The molecule has 1 aromatic heterocycles. The van der Waals surface area contributed by atoms with Crippen molar-refractivity contribution in [1.29, 1.82) is 0 Å². The monoisotopic (exact) mass is 178 g/mol. The van der Waals surface area contributed by atoms with Crippen molar-refractivity contribution in [3.8, 4) is 0 Å². The molecule has 4 nitrogen and oxygen atoms in total. The van der Waals surface area contributed by atoms with E-state index in [4.69, 9.17) is 5.73 Å². The summed E-state index contributed by atoms with van der Waals surface area (Å²) in [5.41, 5.74) is 13.2. The predicted molar refractivity (Wildman–Crippen MR) is 50.7 cm³/mol. The molecule has 1 fully saturated rings. The van der Waals surface area contributed by atoms with Gasteiger partial charge in [-0.2, -0.15) is 0 Å². The van der Waals surface area contributed by atoms with Gasteiger partial charge >= 0.3 is 0 Å². The van der Waals surface area contributed by atoms with E-state index in [2.05, 4.69) is 15.8 Å². The Morgan fingerprint density at radius 2 is 2.23 bits per heavy atom. The SMILES string of the molecule is NCC1CNNC1c1ccncc1. The number of nitrogens with zero attached hydrogens (tertiary/aromatic N) is 1. The van der Waals surface area contributed by atoms with Crippen molar-refractivity contribution < 1.29 is 0 Å². The lowest BCUT2D eigenvalue weighted by molar-refractivity contribution is 0.483. The second-order valence-electron chi connectivity index (χ2n) is 3.28. The van der Waals surface area contributed by atoms with Crippen LogP contribution >= 0.6 is 0 Å². The molecule has 0 bridgehead atoms. The van der Waals surface area contributed by atoms with Gasteiger partial charge < -0.3 is 5.73 Å². The molecule has 0 amide bonds. The molecule has 70 valence electrons. The number of rotatable bonds is 2. The van der Waals surface area contributed by atoms with Gasteiger partial charge in [0, 0.05) is 24.9 Å². The van der Waals surface area contributed by atoms with Crippen LogP contribution in [-0.2, 0) is 0 Å². The molecule has 2 unspecified atom stereocenters. The maximum atomic E-state index is 5.67. The topological polar surface area (TPSA) is 63.0 Å². The van der Waals surface area contributed by atoms with Crippen LogP contribution in [0.5, 0.6) is 0 Å². The molecule has 13 heavy (non-hydrogen) atoms. The lowest BCUT2D eigenvalue weighted by Crippen LogP contribution is -2.26. The van der Waals surface area contributed by atoms with Crippen LogP contribution in [0.25, 0.3) is 0 Å². The third kappa shape index (κ3) is 1.70. The van der Waals surface area contributed by atoms with Crippen LogP contribution < -0.4 is 16.6 Å². The standard InChI is InChI=1S/C9H14N4/c10-5-8-6-12-13-9(8)7-1-3-11-4-2-7/h1-4,8-9,12-13H,5-6,10H2. The second kappa shape index (κ2) is 3.83. The van der Waals surface area contributed by atoms with Crippen molar-refractivity contribution >= 4 is 0 Å². The second-order valence-corrected chi connectivity index (χ2v) is 3.28. The maximum Gasteiger partial charge on any atom is 0.0516 e. The van der Waals surface area contributed by atoms with E-state index in [1.54, 1.807) is 0 Å². The zero-order valence-electron chi connectivity index (χ0n) is 7.40. The minimum atomic E-state index is 0.327. The van der Waals surface area contributed by atoms with Crippen LogP contribution in [0.1, 0.15) is 11.6 Å². The van der Waals surface area contributed by atoms with Crippen molar-refractivity contribution in [2.24, 2.45) is 11.7 Å². The van der Waals surface area contributed by atoms with Gasteiger partial charge in [0.15, 0.2) is 0 Å². The fourth-order valence-corrected chi connectivity index (χ4v) is 1.68. The molecule has 2 atom stereocenters. The molecule has 2 rings (SSSR count). The number of aromatic nitrogens is 1. The van der Waals surface area contributed by atoms with Crippen molar-refractivity contribution in [3.63, 3.8) is 0 Å². The number of nitrogens with one attached hydrogen (secondary N) is 2. The van der Waals surface area contributed by atoms with E-state index in [0.29, 0.717) is 18.5 Å². The lowest BCUT2D eigenvalue weighted by atomic mass is 9.96. The third-order valence-corrected chi connectivity index (χ3v) is 2.46. The third-order valence-electron chi connectivity index (χ3n) is 2.46. The van der Waals surface area contributed by atoms with Crippen LogP contribution in [0.15, 0.2) is 24.5 Å². The number of hydrogen-bond acceptors (Lipinski definition) is 4. The summed E-state index contributed by atoms with van der Waals surface area (Å²) in [5.74, 6) is 0.474. The lowest BCUT2D eigenvalue weighted by Gasteiger charge is -2.16. The summed E-state index contributed by atoms with van der Waals surface area (Å²) in [5, 5.41) is 0. The van der Waals surface area contributed by atoms with Gasteiger partial charge in [-0.15, -0.1) is 0 Å². The highest BCUT2D eigenvalue weighted by molar-refractivity contribution is 5.17. The molecule has 0 aromatic carbocycles. The summed E-state index contributed by atoms with van der Waals surface area (Å²) in [7, 11) is 0. The van der Waals surface area contributed by atoms with Crippen LogP contribution in [0.3, 0.4) is 0 Å². The molecule has 1 aliphatic rings. The molecule has 0 aliphatic carbocycles. The Labute approximate surface area is 77.5 Å². The summed E-state index contributed by atoms with van der Waals surface area (Å²) in [6.07, 6.45) is 3.62. The van der Waals surface area contributed by atoms with E-state index in [-0.39, 0.29) is 0 Å². The quantitative estimate of drug-likeness (QED) is 0.587. The minimum Gasteiger partial charge on any atom is -0.330 e. The zero-order chi connectivity index (χ0) is 9.10. The summed E-state index contributed by atoms with van der Waals surface area (Å²) < 4.78 is 0. The van der Waals surface area contributed by atoms with E-state index in [0.717, 1.165) is 6.54 Å². The normalized spacial score (nSPS) is 27.8. The molecule has 1 saturated heterocycles. The van der Waals surface area contributed by atoms with E-state index < -0.39 is 0 Å². The van der Waals surface area contributed by atoms with Gasteiger partial charge in [0.2, 0.25) is 0 Å². The molecule has 1 aromatic rings. The molecule has 1 aliphatic heterocycles. The largest absolute Gasteiger partial charge is 0.330 e. The van der Waals surface area contributed by atoms with E-state index >= 15 is 0 Å². The predicted octanol–water partition coefficient (Wildman–Crippen LogP) is -0.195. The van der Waals surface area contributed by atoms with Gasteiger partial charge in [0.1, 0.15) is 0 Å². The van der Waals surface area contributed by atoms with Gasteiger partial charge in [-0.3, -0.25) is 10.4 Å². The Morgan fingerprint density at radius 3 is 2.92 bits per heavy atom. The van der Waals surface area contributed by atoms with Gasteiger partial charge in [0.25, 0.3) is 0 Å². The number of hydrogen-bond donors (Lipinski definition) is 3. The molecular formula is C9H14N4. The molecule has 0 saturated carbocycles. The first-order chi connectivity index (χ1) is 6.42. The summed E-state index contributed by atoms with van der Waals surface area (Å²) in [6.45, 7) is 1.64. The number of hydrazine groups is 1. The summed E-state index contributed by atoms with van der Waals surface area (Å²) in [6, 6.07) is 4.37. The van der Waals surface area contributed by atoms with E-state index in [9.17, 15) is 0 Å². The molecule has 4 heteroatoms. The average Bonchev–Trinajstić information content (AvgIpc) is 2.67. The average molecular weight is 178 g/mol. The van der Waals surface area contributed by atoms with Gasteiger partial charge in [0.05, 0.1) is 6.04 Å². The van der Waals surface area contributed by atoms with Gasteiger partial charge in [-0.25, -0.2) is 5.43 Å². The first-order valence-corrected chi connectivity index (χ1v) is 4.50. The Morgan fingerprint density at radius 1 is 1.46 bits per heavy atom. The smallest absolute Gasteiger partial charge is 0.0516 e. The van der Waals surface area contributed by atoms with E-state index in [1.807, 2.05) is 24.5 Å². The van der Waals surface area contributed by atoms with Crippen LogP contribution in [0.2, 0.25) is 0 Å². The summed E-state index contributed by atoms with van der Waals surface area (Å²) in [4.78, 5) is 3.99. The van der Waals surface area contributed by atoms with Gasteiger partial charge in [-0.1, -0.05) is 0 Å². The Bertz CT molecular complexity index is 262. The van der Waals surface area contributed by atoms with Crippen molar-refractivity contribution in [2.75, 3.05) is 13.1 Å². The van der Waals surface area contributed by atoms with Crippen LogP contribution in [0, 0.1) is 5.92 Å². The molecule has 2 heterocycles. The number of pyridine rings is 1. The highest BCUT2D eigenvalue weighted by atomic mass is 15.4. The highest BCUT2D eigenvalue weighted by Crippen LogP contribution is 2.22. The molecule has 0 spiro atoms. The fraction of sp³-hybridized carbons (Fsp3) is 0.444. The highest BCUT2D eigenvalue weighted by Gasteiger charge is 2.26. The molecule has 4 N–H and O–H groups in total.